The van der Waals surface area contributed by atoms with E-state index in [2.05, 4.69) is 109 Å². The van der Waals surface area contributed by atoms with Crippen molar-refractivity contribution in [2.45, 2.75) is 9.79 Å². The lowest BCUT2D eigenvalue weighted by atomic mass is 10.1. The third kappa shape index (κ3) is 3.52. The molecule has 4 rings (SSSR count). The van der Waals surface area contributed by atoms with E-state index >= 15 is 0 Å². The van der Waals surface area contributed by atoms with E-state index < -0.39 is 0 Å². The van der Waals surface area contributed by atoms with Crippen molar-refractivity contribution in [3.8, 4) is 22.3 Å². The fourth-order valence-corrected chi connectivity index (χ4v) is 4.06. The highest BCUT2D eigenvalue weighted by molar-refractivity contribution is 7.99. The van der Waals surface area contributed by atoms with Gasteiger partial charge in [0.25, 0.3) is 0 Å². The summed E-state index contributed by atoms with van der Waals surface area (Å²) >= 11 is 1.83. The van der Waals surface area contributed by atoms with E-state index in [0.29, 0.717) is 0 Å². The molecule has 0 spiro atoms. The molecule has 0 aliphatic carbocycles. The molecule has 4 aromatic rings. The lowest BCUT2D eigenvalue weighted by Crippen LogP contribution is -1.85. The second kappa shape index (κ2) is 7.42. The Morgan fingerprint density at radius 3 is 1.16 bits per heavy atom. The minimum Gasteiger partial charge on any atom is -0.0888 e. The Kier molecular flexibility index (Phi) is 4.67. The van der Waals surface area contributed by atoms with Crippen LogP contribution in [-0.4, -0.2) is 0 Å². The van der Waals surface area contributed by atoms with Gasteiger partial charge in [0.15, 0.2) is 0 Å². The maximum absolute atomic E-state index is 2.20. The van der Waals surface area contributed by atoms with Crippen LogP contribution in [-0.2, 0) is 0 Å². The Morgan fingerprint density at radius 1 is 0.360 bits per heavy atom. The predicted molar refractivity (Wildman–Crippen MR) is 108 cm³/mol. The standard InChI is InChI=1S/C24H18S/c1-3-11-19(12-4-1)21-15-7-9-17-23(21)25-24-18-10-8-16-22(24)20-13-5-2-6-14-20/h1-18H. The Hall–Kier alpha value is -2.77. The summed E-state index contributed by atoms with van der Waals surface area (Å²) in [7, 11) is 0. The molecule has 0 amide bonds. The van der Waals surface area contributed by atoms with Crippen molar-refractivity contribution in [3.05, 3.63) is 109 Å². The number of benzene rings is 4. The molecule has 0 saturated carbocycles. The zero-order chi connectivity index (χ0) is 16.9. The zero-order valence-electron chi connectivity index (χ0n) is 13.8. The summed E-state index contributed by atoms with van der Waals surface area (Å²) in [4.78, 5) is 2.55. The molecule has 120 valence electrons. The molecular weight excluding hydrogens is 320 g/mol. The van der Waals surface area contributed by atoms with Crippen LogP contribution in [0.15, 0.2) is 119 Å². The van der Waals surface area contributed by atoms with E-state index in [-0.39, 0.29) is 0 Å². The lowest BCUT2D eigenvalue weighted by molar-refractivity contribution is 1.39. The quantitative estimate of drug-likeness (QED) is 0.380. The van der Waals surface area contributed by atoms with Gasteiger partial charge in [-0.25, -0.2) is 0 Å². The summed E-state index contributed by atoms with van der Waals surface area (Å²) in [5.41, 5.74) is 5.05. The van der Waals surface area contributed by atoms with Crippen molar-refractivity contribution in [3.63, 3.8) is 0 Å². The molecule has 0 bridgehead atoms. The van der Waals surface area contributed by atoms with E-state index in [0.717, 1.165) is 0 Å². The van der Waals surface area contributed by atoms with Gasteiger partial charge in [0.1, 0.15) is 0 Å². The summed E-state index contributed by atoms with van der Waals surface area (Å²) in [5.74, 6) is 0. The summed E-state index contributed by atoms with van der Waals surface area (Å²) in [5, 5.41) is 0. The van der Waals surface area contributed by atoms with Crippen LogP contribution in [0, 0.1) is 0 Å². The van der Waals surface area contributed by atoms with Crippen LogP contribution in [0.2, 0.25) is 0 Å². The van der Waals surface area contributed by atoms with Gasteiger partial charge in [0.2, 0.25) is 0 Å². The van der Waals surface area contributed by atoms with E-state index in [9.17, 15) is 0 Å². The van der Waals surface area contributed by atoms with Crippen LogP contribution in [0.4, 0.5) is 0 Å². The minimum absolute atomic E-state index is 1.25. The topological polar surface area (TPSA) is 0 Å². The van der Waals surface area contributed by atoms with Crippen molar-refractivity contribution in [1.29, 1.82) is 0 Å². The van der Waals surface area contributed by atoms with Crippen molar-refractivity contribution in [1.82, 2.24) is 0 Å². The molecule has 0 fully saturated rings. The summed E-state index contributed by atoms with van der Waals surface area (Å²) in [6.07, 6.45) is 0. The van der Waals surface area contributed by atoms with E-state index in [1.165, 1.54) is 32.0 Å². The second-order valence-corrected chi connectivity index (χ2v) is 6.91. The normalized spacial score (nSPS) is 10.6. The Balaban J connectivity index is 1.76. The molecule has 0 aliphatic heterocycles. The molecule has 0 aromatic heterocycles. The van der Waals surface area contributed by atoms with Crippen molar-refractivity contribution < 1.29 is 0 Å². The van der Waals surface area contributed by atoms with Gasteiger partial charge in [-0.2, -0.15) is 0 Å². The molecule has 0 nitrogen and oxygen atoms in total. The minimum atomic E-state index is 1.25. The third-order valence-corrected chi connectivity index (χ3v) is 5.32. The number of hydrogen-bond acceptors (Lipinski definition) is 1. The van der Waals surface area contributed by atoms with Crippen molar-refractivity contribution in [2.24, 2.45) is 0 Å². The highest BCUT2D eigenvalue weighted by Crippen LogP contribution is 2.40. The summed E-state index contributed by atoms with van der Waals surface area (Å²) < 4.78 is 0. The van der Waals surface area contributed by atoms with Gasteiger partial charge in [-0.1, -0.05) is 109 Å². The summed E-state index contributed by atoms with van der Waals surface area (Å²) in [6.45, 7) is 0. The van der Waals surface area contributed by atoms with Gasteiger partial charge in [-0.15, -0.1) is 0 Å². The largest absolute Gasteiger partial charge is 0.0888 e. The first kappa shape index (κ1) is 15.7. The van der Waals surface area contributed by atoms with Crippen LogP contribution in [0.25, 0.3) is 22.3 Å². The van der Waals surface area contributed by atoms with E-state index in [1.807, 2.05) is 11.8 Å². The van der Waals surface area contributed by atoms with Gasteiger partial charge < -0.3 is 0 Å². The molecule has 0 saturated heterocycles. The van der Waals surface area contributed by atoms with Gasteiger partial charge in [-0.3, -0.25) is 0 Å². The van der Waals surface area contributed by atoms with Gasteiger partial charge in [-0.05, 0) is 34.4 Å². The molecular formula is C24H18S. The molecule has 0 unspecified atom stereocenters. The highest BCUT2D eigenvalue weighted by Gasteiger charge is 2.10. The van der Waals surface area contributed by atoms with Crippen LogP contribution in [0.1, 0.15) is 0 Å². The smallest absolute Gasteiger partial charge is 0.0201 e. The first-order valence-corrected chi connectivity index (χ1v) is 9.20. The molecule has 0 radical (unpaired) electrons. The van der Waals surface area contributed by atoms with Crippen molar-refractivity contribution >= 4 is 11.8 Å². The van der Waals surface area contributed by atoms with Crippen molar-refractivity contribution in [2.75, 3.05) is 0 Å². The second-order valence-electron chi connectivity index (χ2n) is 5.83. The molecule has 0 N–H and O–H groups in total. The van der Waals surface area contributed by atoms with E-state index in [4.69, 9.17) is 0 Å². The first-order chi connectivity index (χ1) is 12.4. The molecule has 1 heteroatoms. The van der Waals surface area contributed by atoms with Crippen LogP contribution >= 0.6 is 11.8 Å². The van der Waals surface area contributed by atoms with Crippen LogP contribution in [0.5, 0.6) is 0 Å². The Morgan fingerprint density at radius 2 is 0.720 bits per heavy atom. The Labute approximate surface area is 153 Å². The van der Waals surface area contributed by atoms with Gasteiger partial charge in [0.05, 0.1) is 0 Å². The SMILES string of the molecule is c1ccc(-c2ccccc2Sc2ccccc2-c2ccccc2)cc1. The number of hydrogen-bond donors (Lipinski definition) is 0. The van der Waals surface area contributed by atoms with E-state index in [1.54, 1.807) is 0 Å². The first-order valence-electron chi connectivity index (χ1n) is 8.38. The monoisotopic (exact) mass is 338 g/mol. The number of rotatable bonds is 4. The molecule has 25 heavy (non-hydrogen) atoms. The highest BCUT2D eigenvalue weighted by atomic mass is 32.2. The Bertz CT molecular complexity index is 878. The molecule has 0 atom stereocenters. The average molecular weight is 338 g/mol. The molecule has 0 heterocycles. The van der Waals surface area contributed by atoms with Crippen LogP contribution < -0.4 is 0 Å². The maximum atomic E-state index is 2.20. The zero-order valence-corrected chi connectivity index (χ0v) is 14.6. The molecule has 0 aliphatic rings. The predicted octanol–water partition coefficient (Wildman–Crippen LogP) is 7.17. The third-order valence-electron chi connectivity index (χ3n) is 4.16. The average Bonchev–Trinajstić information content (AvgIpc) is 2.70. The molecule has 4 aromatic carbocycles. The summed E-state index contributed by atoms with van der Waals surface area (Å²) in [6, 6.07) is 38.4. The van der Waals surface area contributed by atoms with Crippen LogP contribution in [0.3, 0.4) is 0 Å². The lowest BCUT2D eigenvalue weighted by Gasteiger charge is -2.13. The fraction of sp³-hybridized carbons (Fsp3) is 0. The van der Waals surface area contributed by atoms with Gasteiger partial charge in [0, 0.05) is 9.79 Å². The fourth-order valence-electron chi connectivity index (χ4n) is 2.94. The van der Waals surface area contributed by atoms with Gasteiger partial charge >= 0.3 is 0 Å². The maximum Gasteiger partial charge on any atom is 0.0201 e.